The summed E-state index contributed by atoms with van der Waals surface area (Å²) in [7, 11) is 0. The van der Waals surface area contributed by atoms with Gasteiger partial charge in [0.2, 0.25) is 5.91 Å². The van der Waals surface area contributed by atoms with E-state index in [9.17, 15) is 4.79 Å². The molecule has 1 amide bonds. The first kappa shape index (κ1) is 11.5. The molecule has 12 heavy (non-hydrogen) atoms. The maximum atomic E-state index is 11.0. The molecule has 0 bridgehead atoms. The van der Waals surface area contributed by atoms with Crippen LogP contribution >= 0.6 is 0 Å². The van der Waals surface area contributed by atoms with Gasteiger partial charge in [-0.2, -0.15) is 0 Å². The van der Waals surface area contributed by atoms with Crippen molar-refractivity contribution in [1.82, 2.24) is 5.32 Å². The molecule has 0 aromatic carbocycles. The highest BCUT2D eigenvalue weighted by Crippen LogP contribution is 2.13. The second-order valence-electron chi connectivity index (χ2n) is 3.81. The molecule has 72 valence electrons. The highest BCUT2D eigenvalue weighted by atomic mass is 16.1. The van der Waals surface area contributed by atoms with Crippen molar-refractivity contribution >= 4 is 5.91 Å². The van der Waals surface area contributed by atoms with E-state index in [-0.39, 0.29) is 11.9 Å². The van der Waals surface area contributed by atoms with E-state index in [1.807, 2.05) is 6.92 Å². The zero-order chi connectivity index (χ0) is 9.72. The Kier molecular flexibility index (Phi) is 4.95. The van der Waals surface area contributed by atoms with Gasteiger partial charge in [-0.15, -0.1) is 0 Å². The lowest BCUT2D eigenvalue weighted by atomic mass is 9.91. The molecule has 0 aliphatic heterocycles. The number of amides is 1. The van der Waals surface area contributed by atoms with Crippen molar-refractivity contribution in [3.8, 4) is 0 Å². The maximum absolute atomic E-state index is 11.0. The summed E-state index contributed by atoms with van der Waals surface area (Å²) in [6.45, 7) is 10.5. The summed E-state index contributed by atoms with van der Waals surface area (Å²) in [6, 6.07) is 0.289. The van der Waals surface area contributed by atoms with Gasteiger partial charge >= 0.3 is 0 Å². The van der Waals surface area contributed by atoms with Crippen molar-refractivity contribution in [3.63, 3.8) is 0 Å². The van der Waals surface area contributed by atoms with E-state index in [4.69, 9.17) is 0 Å². The molecule has 0 spiro atoms. The molecule has 0 saturated carbocycles. The molecular weight excluding hydrogens is 150 g/mol. The smallest absolute Gasteiger partial charge is 0.219 e. The Morgan fingerprint density at radius 3 is 2.08 bits per heavy atom. The van der Waals surface area contributed by atoms with Crippen LogP contribution in [0, 0.1) is 11.8 Å². The first-order chi connectivity index (χ1) is 5.49. The van der Waals surface area contributed by atoms with Crippen molar-refractivity contribution in [2.45, 2.75) is 47.1 Å². The van der Waals surface area contributed by atoms with E-state index in [1.54, 1.807) is 0 Å². The molecule has 1 N–H and O–H groups in total. The second-order valence-corrected chi connectivity index (χ2v) is 3.81. The minimum absolute atomic E-state index is 0.148. The summed E-state index contributed by atoms with van der Waals surface area (Å²) < 4.78 is 0. The van der Waals surface area contributed by atoms with Gasteiger partial charge in [-0.05, 0) is 18.8 Å². The standard InChI is InChI=1S/C10H21NO/c1-6-10(12)11-9(5)8(4)7(2)3/h7-9H,6H2,1-5H3,(H,11,12). The van der Waals surface area contributed by atoms with Crippen molar-refractivity contribution in [3.05, 3.63) is 0 Å². The molecular formula is C10H21NO. The average Bonchev–Trinajstić information content (AvgIpc) is 2.02. The average molecular weight is 171 g/mol. The van der Waals surface area contributed by atoms with Gasteiger partial charge in [0.15, 0.2) is 0 Å². The van der Waals surface area contributed by atoms with Gasteiger partial charge < -0.3 is 5.32 Å². The SMILES string of the molecule is CCC(=O)NC(C)C(C)C(C)C. The van der Waals surface area contributed by atoms with Gasteiger partial charge in [0, 0.05) is 12.5 Å². The van der Waals surface area contributed by atoms with Gasteiger partial charge in [0.05, 0.1) is 0 Å². The van der Waals surface area contributed by atoms with Gasteiger partial charge in [-0.1, -0.05) is 27.7 Å². The number of rotatable bonds is 4. The molecule has 0 aromatic heterocycles. The maximum Gasteiger partial charge on any atom is 0.219 e. The lowest BCUT2D eigenvalue weighted by molar-refractivity contribution is -0.121. The van der Waals surface area contributed by atoms with Crippen molar-refractivity contribution < 1.29 is 4.79 Å². The minimum atomic E-state index is 0.148. The third kappa shape index (κ3) is 3.74. The molecule has 2 atom stereocenters. The monoisotopic (exact) mass is 171 g/mol. The van der Waals surface area contributed by atoms with Crippen LogP contribution in [0.25, 0.3) is 0 Å². The third-order valence-electron chi connectivity index (χ3n) is 2.55. The third-order valence-corrected chi connectivity index (χ3v) is 2.55. The quantitative estimate of drug-likeness (QED) is 0.690. The largest absolute Gasteiger partial charge is 0.353 e. The fourth-order valence-corrected chi connectivity index (χ4v) is 1.06. The van der Waals surface area contributed by atoms with E-state index in [1.165, 1.54) is 0 Å². The van der Waals surface area contributed by atoms with E-state index in [0.29, 0.717) is 18.3 Å². The van der Waals surface area contributed by atoms with Gasteiger partial charge in [-0.3, -0.25) is 4.79 Å². The predicted molar refractivity (Wildman–Crippen MR) is 51.9 cm³/mol. The normalized spacial score (nSPS) is 15.8. The Labute approximate surface area is 75.7 Å². The van der Waals surface area contributed by atoms with Crippen LogP contribution in [0.2, 0.25) is 0 Å². The first-order valence-electron chi connectivity index (χ1n) is 4.78. The number of hydrogen-bond donors (Lipinski definition) is 1. The summed E-state index contributed by atoms with van der Waals surface area (Å²) in [5.74, 6) is 1.31. The van der Waals surface area contributed by atoms with Crippen molar-refractivity contribution in [2.24, 2.45) is 11.8 Å². The zero-order valence-electron chi connectivity index (χ0n) is 8.85. The van der Waals surface area contributed by atoms with E-state index < -0.39 is 0 Å². The lowest BCUT2D eigenvalue weighted by Crippen LogP contribution is -2.38. The molecule has 0 radical (unpaired) electrons. The predicted octanol–water partition coefficient (Wildman–Crippen LogP) is 2.19. The Balaban J connectivity index is 3.86. The topological polar surface area (TPSA) is 29.1 Å². The van der Waals surface area contributed by atoms with Gasteiger partial charge in [0.25, 0.3) is 0 Å². The highest BCUT2D eigenvalue weighted by Gasteiger charge is 2.16. The Morgan fingerprint density at radius 2 is 1.75 bits per heavy atom. The van der Waals surface area contributed by atoms with Crippen LogP contribution < -0.4 is 5.32 Å². The van der Waals surface area contributed by atoms with Gasteiger partial charge in [-0.25, -0.2) is 0 Å². The summed E-state index contributed by atoms with van der Waals surface area (Å²) >= 11 is 0. The van der Waals surface area contributed by atoms with Crippen molar-refractivity contribution in [2.75, 3.05) is 0 Å². The van der Waals surface area contributed by atoms with Crippen LogP contribution in [0.3, 0.4) is 0 Å². The van der Waals surface area contributed by atoms with Crippen LogP contribution in [0.5, 0.6) is 0 Å². The molecule has 0 rings (SSSR count). The van der Waals surface area contributed by atoms with E-state index >= 15 is 0 Å². The fraction of sp³-hybridized carbons (Fsp3) is 0.900. The molecule has 2 unspecified atom stereocenters. The van der Waals surface area contributed by atoms with Gasteiger partial charge in [0.1, 0.15) is 0 Å². The molecule has 2 nitrogen and oxygen atoms in total. The molecule has 0 aliphatic rings. The Bertz CT molecular complexity index is 143. The fourth-order valence-electron chi connectivity index (χ4n) is 1.06. The molecule has 0 saturated heterocycles. The molecule has 0 aromatic rings. The summed E-state index contributed by atoms with van der Waals surface area (Å²) in [5.41, 5.74) is 0. The van der Waals surface area contributed by atoms with Crippen molar-refractivity contribution in [1.29, 1.82) is 0 Å². The van der Waals surface area contributed by atoms with E-state index in [0.717, 1.165) is 0 Å². The number of nitrogens with one attached hydrogen (secondary N) is 1. The van der Waals surface area contributed by atoms with Crippen LogP contribution in [0.1, 0.15) is 41.0 Å². The first-order valence-corrected chi connectivity index (χ1v) is 4.78. The molecule has 0 fully saturated rings. The number of carbonyl (C=O) groups excluding carboxylic acids is 1. The van der Waals surface area contributed by atoms with Crippen LogP contribution in [-0.2, 0) is 4.79 Å². The summed E-state index contributed by atoms with van der Waals surface area (Å²) in [4.78, 5) is 11.0. The molecule has 2 heteroatoms. The molecule has 0 heterocycles. The van der Waals surface area contributed by atoms with Crippen LogP contribution in [0.4, 0.5) is 0 Å². The summed E-state index contributed by atoms with van der Waals surface area (Å²) in [6.07, 6.45) is 0.579. The Hall–Kier alpha value is -0.530. The van der Waals surface area contributed by atoms with Crippen LogP contribution in [-0.4, -0.2) is 11.9 Å². The summed E-state index contributed by atoms with van der Waals surface area (Å²) in [5, 5.41) is 2.97. The highest BCUT2D eigenvalue weighted by molar-refractivity contribution is 5.75. The number of hydrogen-bond acceptors (Lipinski definition) is 1. The van der Waals surface area contributed by atoms with E-state index in [2.05, 4.69) is 33.0 Å². The number of carbonyl (C=O) groups is 1. The van der Waals surface area contributed by atoms with Crippen LogP contribution in [0.15, 0.2) is 0 Å². The molecule has 0 aliphatic carbocycles. The second kappa shape index (κ2) is 5.18. The lowest BCUT2D eigenvalue weighted by Gasteiger charge is -2.24. The Morgan fingerprint density at radius 1 is 1.25 bits per heavy atom. The zero-order valence-corrected chi connectivity index (χ0v) is 8.85. The minimum Gasteiger partial charge on any atom is -0.353 e.